The number of aromatic carboxylic acids is 1. The summed E-state index contributed by atoms with van der Waals surface area (Å²) in [4.78, 5) is 11.0. The van der Waals surface area contributed by atoms with E-state index in [0.717, 1.165) is 31.5 Å². The average molecular weight is 209 g/mol. The number of hydrogen-bond donors (Lipinski definition) is 2. The number of carboxylic acids is 1. The quantitative estimate of drug-likeness (QED) is 0.748. The molecule has 0 aromatic carbocycles. The lowest BCUT2D eigenvalue weighted by atomic mass is 9.90. The normalized spacial score (nSPS) is 17.9. The van der Waals surface area contributed by atoms with Gasteiger partial charge in [-0.15, -0.1) is 0 Å². The molecule has 15 heavy (non-hydrogen) atoms. The van der Waals surface area contributed by atoms with Crippen LogP contribution in [0.2, 0.25) is 0 Å². The van der Waals surface area contributed by atoms with Crippen LogP contribution in [0.4, 0.5) is 0 Å². The van der Waals surface area contributed by atoms with Crippen LogP contribution >= 0.6 is 0 Å². The Kier molecular flexibility index (Phi) is 2.73. The highest BCUT2D eigenvalue weighted by atomic mass is 16.4. The Bertz CT molecular complexity index is 367. The fraction of sp³-hybridized carbons (Fsp3) is 0.600. The van der Waals surface area contributed by atoms with E-state index in [1.165, 1.54) is 0 Å². The van der Waals surface area contributed by atoms with Crippen molar-refractivity contribution in [1.29, 1.82) is 0 Å². The summed E-state index contributed by atoms with van der Waals surface area (Å²) in [5, 5.41) is 16.3. The molecule has 82 valence electrons. The number of nitrogens with zero attached hydrogens (tertiary/aromatic N) is 2. The average Bonchev–Trinajstić information content (AvgIpc) is 2.62. The van der Waals surface area contributed by atoms with Crippen molar-refractivity contribution >= 4 is 5.97 Å². The summed E-state index contributed by atoms with van der Waals surface area (Å²) in [7, 11) is 1.76. The van der Waals surface area contributed by atoms with Gasteiger partial charge in [0, 0.05) is 18.8 Å². The molecule has 2 heterocycles. The number of piperidine rings is 1. The summed E-state index contributed by atoms with van der Waals surface area (Å²) >= 11 is 0. The van der Waals surface area contributed by atoms with Gasteiger partial charge in [0.25, 0.3) is 0 Å². The number of hydrogen-bond acceptors (Lipinski definition) is 3. The molecule has 1 aliphatic rings. The molecule has 1 fully saturated rings. The lowest BCUT2D eigenvalue weighted by Crippen LogP contribution is -2.27. The van der Waals surface area contributed by atoms with Crippen LogP contribution in [0.1, 0.15) is 34.8 Å². The molecule has 5 nitrogen and oxygen atoms in total. The Morgan fingerprint density at radius 1 is 1.60 bits per heavy atom. The first kappa shape index (κ1) is 10.2. The van der Waals surface area contributed by atoms with Crippen LogP contribution in [-0.4, -0.2) is 33.9 Å². The molecular formula is C10H15N3O2. The van der Waals surface area contributed by atoms with Crippen molar-refractivity contribution < 1.29 is 9.90 Å². The second-order valence-corrected chi connectivity index (χ2v) is 3.94. The van der Waals surface area contributed by atoms with E-state index in [2.05, 4.69) is 10.4 Å². The third kappa shape index (κ3) is 2.02. The molecule has 5 heteroatoms. The number of carboxylic acid groups (broad SMARTS) is 1. The fourth-order valence-corrected chi connectivity index (χ4v) is 2.10. The van der Waals surface area contributed by atoms with Crippen molar-refractivity contribution in [3.8, 4) is 0 Å². The molecule has 0 radical (unpaired) electrons. The van der Waals surface area contributed by atoms with Crippen LogP contribution in [0.5, 0.6) is 0 Å². The molecule has 0 spiro atoms. The maximum absolute atomic E-state index is 11.0. The van der Waals surface area contributed by atoms with E-state index >= 15 is 0 Å². The molecule has 2 rings (SSSR count). The summed E-state index contributed by atoms with van der Waals surface area (Å²) in [5.41, 5.74) is 1.09. The van der Waals surface area contributed by atoms with Gasteiger partial charge in [0.2, 0.25) is 0 Å². The van der Waals surface area contributed by atoms with Crippen molar-refractivity contribution in [3.05, 3.63) is 17.5 Å². The SMILES string of the molecule is Cn1cc(C2CCNCC2)c(C(=O)O)n1. The third-order valence-electron chi connectivity index (χ3n) is 2.84. The Morgan fingerprint density at radius 2 is 2.27 bits per heavy atom. The minimum absolute atomic E-state index is 0.212. The van der Waals surface area contributed by atoms with E-state index in [-0.39, 0.29) is 5.69 Å². The number of carbonyl (C=O) groups is 1. The van der Waals surface area contributed by atoms with Gasteiger partial charge >= 0.3 is 5.97 Å². The zero-order chi connectivity index (χ0) is 10.8. The van der Waals surface area contributed by atoms with Gasteiger partial charge in [-0.25, -0.2) is 4.79 Å². The highest BCUT2D eigenvalue weighted by Gasteiger charge is 2.23. The van der Waals surface area contributed by atoms with Crippen LogP contribution in [-0.2, 0) is 7.05 Å². The van der Waals surface area contributed by atoms with Crippen molar-refractivity contribution in [1.82, 2.24) is 15.1 Å². The molecule has 0 amide bonds. The Balaban J connectivity index is 2.28. The van der Waals surface area contributed by atoms with Crippen molar-refractivity contribution in [2.24, 2.45) is 7.05 Å². The van der Waals surface area contributed by atoms with E-state index in [0.29, 0.717) is 5.92 Å². The van der Waals surface area contributed by atoms with Gasteiger partial charge in [-0.3, -0.25) is 4.68 Å². The number of aryl methyl sites for hydroxylation is 1. The van der Waals surface area contributed by atoms with Gasteiger partial charge in [-0.1, -0.05) is 0 Å². The third-order valence-corrected chi connectivity index (χ3v) is 2.84. The Labute approximate surface area is 88.1 Å². The maximum atomic E-state index is 11.0. The molecule has 1 aliphatic heterocycles. The van der Waals surface area contributed by atoms with E-state index in [1.54, 1.807) is 11.7 Å². The van der Waals surface area contributed by atoms with Crippen LogP contribution in [0.15, 0.2) is 6.20 Å². The number of aromatic nitrogens is 2. The first-order valence-corrected chi connectivity index (χ1v) is 5.16. The van der Waals surface area contributed by atoms with Crippen LogP contribution in [0.25, 0.3) is 0 Å². The minimum atomic E-state index is -0.927. The van der Waals surface area contributed by atoms with Crippen LogP contribution < -0.4 is 5.32 Å². The number of rotatable bonds is 2. The first-order chi connectivity index (χ1) is 7.18. The van der Waals surface area contributed by atoms with E-state index in [1.807, 2.05) is 6.20 Å². The topological polar surface area (TPSA) is 67.2 Å². The molecule has 1 aromatic heterocycles. The Hall–Kier alpha value is -1.36. The van der Waals surface area contributed by atoms with Crippen molar-refractivity contribution in [3.63, 3.8) is 0 Å². The van der Waals surface area contributed by atoms with Crippen molar-refractivity contribution in [2.75, 3.05) is 13.1 Å². The van der Waals surface area contributed by atoms with Crippen LogP contribution in [0.3, 0.4) is 0 Å². The lowest BCUT2D eigenvalue weighted by Gasteiger charge is -2.21. The van der Waals surface area contributed by atoms with E-state index in [9.17, 15) is 4.79 Å². The molecule has 1 saturated heterocycles. The highest BCUT2D eigenvalue weighted by Crippen LogP contribution is 2.27. The predicted molar refractivity (Wildman–Crippen MR) is 55.0 cm³/mol. The monoisotopic (exact) mass is 209 g/mol. The van der Waals surface area contributed by atoms with Crippen LogP contribution in [0, 0.1) is 0 Å². The molecule has 0 bridgehead atoms. The Morgan fingerprint density at radius 3 is 2.87 bits per heavy atom. The molecule has 1 aromatic rings. The predicted octanol–water partition coefficient (Wildman–Crippen LogP) is 0.585. The molecule has 2 N–H and O–H groups in total. The maximum Gasteiger partial charge on any atom is 0.356 e. The van der Waals surface area contributed by atoms with Crippen molar-refractivity contribution in [2.45, 2.75) is 18.8 Å². The summed E-state index contributed by atoms with van der Waals surface area (Å²) in [6.45, 7) is 1.91. The summed E-state index contributed by atoms with van der Waals surface area (Å²) in [6.07, 6.45) is 3.82. The summed E-state index contributed by atoms with van der Waals surface area (Å²) in [6, 6.07) is 0. The smallest absolute Gasteiger partial charge is 0.356 e. The van der Waals surface area contributed by atoms with Gasteiger partial charge in [-0.2, -0.15) is 5.10 Å². The van der Waals surface area contributed by atoms with E-state index < -0.39 is 5.97 Å². The van der Waals surface area contributed by atoms with E-state index in [4.69, 9.17) is 5.11 Å². The zero-order valence-electron chi connectivity index (χ0n) is 8.73. The second-order valence-electron chi connectivity index (χ2n) is 3.94. The van der Waals surface area contributed by atoms with Gasteiger partial charge in [0.15, 0.2) is 5.69 Å². The van der Waals surface area contributed by atoms with Gasteiger partial charge < -0.3 is 10.4 Å². The fourth-order valence-electron chi connectivity index (χ4n) is 2.10. The molecule has 0 aliphatic carbocycles. The summed E-state index contributed by atoms with van der Waals surface area (Å²) in [5.74, 6) is -0.588. The molecule has 0 atom stereocenters. The molecule has 0 saturated carbocycles. The number of nitrogens with one attached hydrogen (secondary N) is 1. The lowest BCUT2D eigenvalue weighted by molar-refractivity contribution is 0.0687. The molecule has 0 unspecified atom stereocenters. The largest absolute Gasteiger partial charge is 0.476 e. The molecular weight excluding hydrogens is 194 g/mol. The van der Waals surface area contributed by atoms with Gasteiger partial charge in [-0.05, 0) is 31.8 Å². The van der Waals surface area contributed by atoms with Gasteiger partial charge in [0.1, 0.15) is 0 Å². The first-order valence-electron chi connectivity index (χ1n) is 5.16. The summed E-state index contributed by atoms with van der Waals surface area (Å²) < 4.78 is 1.58. The second kappa shape index (κ2) is 4.02. The van der Waals surface area contributed by atoms with Gasteiger partial charge in [0.05, 0.1) is 0 Å². The standard InChI is InChI=1S/C10H15N3O2/c1-13-6-8(9(12-13)10(14)15)7-2-4-11-5-3-7/h6-7,11H,2-5H2,1H3,(H,14,15). The minimum Gasteiger partial charge on any atom is -0.476 e. The zero-order valence-corrected chi connectivity index (χ0v) is 8.73. The highest BCUT2D eigenvalue weighted by molar-refractivity contribution is 5.87.